The molecule has 1 unspecified atom stereocenters. The summed E-state index contributed by atoms with van der Waals surface area (Å²) in [6.07, 6.45) is 0. The first-order valence-electron chi connectivity index (χ1n) is 13.7. The molecule has 1 spiro atoms. The number of hydrogen-bond acceptors (Lipinski definition) is 2. The number of benzene rings is 6. The Morgan fingerprint density at radius 3 is 2.17 bits per heavy atom. The molecular formula is C37H21NO2. The van der Waals surface area contributed by atoms with Gasteiger partial charge >= 0.3 is 0 Å². The van der Waals surface area contributed by atoms with Crippen molar-refractivity contribution < 1.29 is 9.15 Å². The van der Waals surface area contributed by atoms with Gasteiger partial charge in [-0.25, -0.2) is 0 Å². The topological polar surface area (TPSA) is 27.3 Å². The van der Waals surface area contributed by atoms with E-state index in [-0.39, 0.29) is 0 Å². The number of furan rings is 1. The van der Waals surface area contributed by atoms with Crippen molar-refractivity contribution in [2.24, 2.45) is 0 Å². The number of nitrogens with zero attached hydrogens (tertiary/aromatic N) is 1. The van der Waals surface area contributed by atoms with E-state index in [1.165, 1.54) is 38.6 Å². The summed E-state index contributed by atoms with van der Waals surface area (Å²) in [5.74, 6) is 1.75. The second kappa shape index (κ2) is 7.02. The molecule has 2 aliphatic rings. The van der Waals surface area contributed by atoms with Gasteiger partial charge in [-0.1, -0.05) is 91.0 Å². The Hall–Kier alpha value is -5.28. The number of fused-ring (bicyclic) bond motifs is 15. The van der Waals surface area contributed by atoms with Crippen LogP contribution in [0.4, 0.5) is 0 Å². The second-order valence-corrected chi connectivity index (χ2v) is 10.8. The smallest absolute Gasteiger partial charge is 0.143 e. The van der Waals surface area contributed by atoms with Crippen molar-refractivity contribution in [2.45, 2.75) is 5.41 Å². The average molecular weight is 512 g/mol. The Balaban J connectivity index is 1.49. The Morgan fingerprint density at radius 2 is 1.23 bits per heavy atom. The first-order valence-corrected chi connectivity index (χ1v) is 13.7. The summed E-state index contributed by atoms with van der Waals surface area (Å²) in [4.78, 5) is 0. The van der Waals surface area contributed by atoms with Crippen molar-refractivity contribution in [3.63, 3.8) is 0 Å². The predicted octanol–water partition coefficient (Wildman–Crippen LogP) is 9.48. The number of aromatic nitrogens is 1. The third kappa shape index (κ3) is 2.22. The van der Waals surface area contributed by atoms with Crippen LogP contribution in [0.15, 0.2) is 132 Å². The summed E-state index contributed by atoms with van der Waals surface area (Å²) in [6, 6.07) is 45.6. The van der Waals surface area contributed by atoms with Gasteiger partial charge < -0.3 is 13.7 Å². The van der Waals surface area contributed by atoms with Gasteiger partial charge in [-0.3, -0.25) is 0 Å². The number of ether oxygens (including phenoxy) is 1. The minimum atomic E-state index is -0.572. The van der Waals surface area contributed by atoms with Crippen molar-refractivity contribution in [3.8, 4) is 17.2 Å². The first kappa shape index (κ1) is 20.7. The van der Waals surface area contributed by atoms with Crippen LogP contribution < -0.4 is 4.74 Å². The van der Waals surface area contributed by atoms with Crippen LogP contribution in [0.25, 0.3) is 49.4 Å². The SMILES string of the molecule is c1ccc2c(c1)Oc1c(ccc3oc4ccccc4c13)C21c2ccccc2-n2c3ccccc3c3cccc1c32. The highest BCUT2D eigenvalue weighted by Crippen LogP contribution is 2.61. The Labute approximate surface area is 229 Å². The molecule has 3 nitrogen and oxygen atoms in total. The van der Waals surface area contributed by atoms with Gasteiger partial charge in [0.2, 0.25) is 0 Å². The van der Waals surface area contributed by atoms with E-state index >= 15 is 0 Å². The molecule has 2 aliphatic heterocycles. The fourth-order valence-corrected chi connectivity index (χ4v) is 7.59. The van der Waals surface area contributed by atoms with Gasteiger partial charge in [-0.05, 0) is 47.5 Å². The van der Waals surface area contributed by atoms with E-state index in [1.807, 2.05) is 12.1 Å². The third-order valence-corrected chi connectivity index (χ3v) is 9.05. The first-order chi connectivity index (χ1) is 19.9. The molecule has 4 heterocycles. The zero-order valence-corrected chi connectivity index (χ0v) is 21.4. The van der Waals surface area contributed by atoms with Crippen LogP contribution in [0.5, 0.6) is 11.5 Å². The zero-order valence-electron chi connectivity index (χ0n) is 21.4. The molecule has 0 saturated carbocycles. The van der Waals surface area contributed by atoms with Crippen molar-refractivity contribution in [1.29, 1.82) is 0 Å². The number of rotatable bonds is 0. The van der Waals surface area contributed by atoms with E-state index in [1.54, 1.807) is 0 Å². The molecule has 0 aliphatic carbocycles. The lowest BCUT2D eigenvalue weighted by molar-refractivity contribution is 0.439. The monoisotopic (exact) mass is 511 g/mol. The van der Waals surface area contributed by atoms with Gasteiger partial charge in [0.25, 0.3) is 0 Å². The molecule has 8 aromatic rings. The van der Waals surface area contributed by atoms with E-state index in [0.717, 1.165) is 44.6 Å². The largest absolute Gasteiger partial charge is 0.456 e. The minimum absolute atomic E-state index is 0.572. The van der Waals surface area contributed by atoms with Crippen molar-refractivity contribution in [2.75, 3.05) is 0 Å². The molecule has 6 aromatic carbocycles. The predicted molar refractivity (Wildman–Crippen MR) is 160 cm³/mol. The maximum Gasteiger partial charge on any atom is 0.143 e. The molecule has 186 valence electrons. The van der Waals surface area contributed by atoms with Gasteiger partial charge in [0, 0.05) is 27.3 Å². The summed E-state index contributed by atoms with van der Waals surface area (Å²) >= 11 is 0. The Morgan fingerprint density at radius 1 is 0.500 bits per heavy atom. The standard InChI is InChI=1S/C37H21NO2/c1-5-16-29-22(10-1)23-12-9-15-27-35(23)38(29)30-17-6-3-13-25(30)37(27)26-14-4-8-19-32(26)40-36-28(37)20-21-33-34(36)24-11-2-7-18-31(24)39-33/h1-21H. The quantitative estimate of drug-likeness (QED) is 0.203. The van der Waals surface area contributed by atoms with Gasteiger partial charge in [-0.2, -0.15) is 0 Å². The molecular weight excluding hydrogens is 490 g/mol. The molecule has 0 N–H and O–H groups in total. The van der Waals surface area contributed by atoms with Crippen molar-refractivity contribution >= 4 is 43.7 Å². The van der Waals surface area contributed by atoms with Crippen LogP contribution in [0, 0.1) is 0 Å². The van der Waals surface area contributed by atoms with E-state index in [0.29, 0.717) is 0 Å². The maximum absolute atomic E-state index is 6.88. The third-order valence-electron chi connectivity index (χ3n) is 9.05. The summed E-state index contributed by atoms with van der Waals surface area (Å²) < 4.78 is 15.7. The van der Waals surface area contributed by atoms with Crippen molar-refractivity contribution in [1.82, 2.24) is 4.57 Å². The molecule has 0 amide bonds. The van der Waals surface area contributed by atoms with E-state index in [4.69, 9.17) is 9.15 Å². The number of para-hydroxylation sites is 5. The Bertz CT molecular complexity index is 2370. The lowest BCUT2D eigenvalue weighted by Crippen LogP contribution is -2.37. The molecule has 10 rings (SSSR count). The molecule has 0 radical (unpaired) electrons. The van der Waals surface area contributed by atoms with Crippen LogP contribution >= 0.6 is 0 Å². The molecule has 0 fully saturated rings. The van der Waals surface area contributed by atoms with Crippen LogP contribution in [0.2, 0.25) is 0 Å². The molecule has 3 heteroatoms. The molecule has 40 heavy (non-hydrogen) atoms. The van der Waals surface area contributed by atoms with Crippen LogP contribution in [0.3, 0.4) is 0 Å². The van der Waals surface area contributed by atoms with E-state index in [2.05, 4.69) is 120 Å². The molecule has 0 bridgehead atoms. The molecule has 0 saturated heterocycles. The highest BCUT2D eigenvalue weighted by molar-refractivity contribution is 6.13. The van der Waals surface area contributed by atoms with Crippen LogP contribution in [-0.2, 0) is 5.41 Å². The van der Waals surface area contributed by atoms with Crippen molar-refractivity contribution in [3.05, 3.63) is 150 Å². The fourth-order valence-electron chi connectivity index (χ4n) is 7.59. The second-order valence-electron chi connectivity index (χ2n) is 10.8. The average Bonchev–Trinajstić information content (AvgIpc) is 3.56. The highest BCUT2D eigenvalue weighted by atomic mass is 16.5. The Kier molecular flexibility index (Phi) is 3.62. The fraction of sp³-hybridized carbons (Fsp3) is 0.0270. The van der Waals surface area contributed by atoms with Crippen LogP contribution in [0.1, 0.15) is 22.3 Å². The summed E-state index contributed by atoms with van der Waals surface area (Å²) in [5.41, 5.74) is 9.63. The van der Waals surface area contributed by atoms with Gasteiger partial charge in [0.1, 0.15) is 22.7 Å². The van der Waals surface area contributed by atoms with Gasteiger partial charge in [-0.15, -0.1) is 0 Å². The lowest BCUT2D eigenvalue weighted by atomic mass is 9.61. The molecule has 2 aromatic heterocycles. The van der Waals surface area contributed by atoms with Gasteiger partial charge in [0.05, 0.1) is 27.5 Å². The van der Waals surface area contributed by atoms with Crippen LogP contribution in [-0.4, -0.2) is 4.57 Å². The number of hydrogen-bond donors (Lipinski definition) is 0. The molecule has 1 atom stereocenters. The normalized spacial score (nSPS) is 16.8. The van der Waals surface area contributed by atoms with Gasteiger partial charge in [0.15, 0.2) is 0 Å². The zero-order chi connectivity index (χ0) is 26.0. The highest BCUT2D eigenvalue weighted by Gasteiger charge is 2.50. The lowest BCUT2D eigenvalue weighted by Gasteiger charge is -2.45. The van der Waals surface area contributed by atoms with E-state index in [9.17, 15) is 0 Å². The maximum atomic E-state index is 6.88. The summed E-state index contributed by atoms with van der Waals surface area (Å²) in [7, 11) is 0. The minimum Gasteiger partial charge on any atom is -0.456 e. The summed E-state index contributed by atoms with van der Waals surface area (Å²) in [6.45, 7) is 0. The summed E-state index contributed by atoms with van der Waals surface area (Å²) in [5, 5.41) is 4.63. The van der Waals surface area contributed by atoms with E-state index < -0.39 is 5.41 Å².